The van der Waals surface area contributed by atoms with E-state index in [1.54, 1.807) is 0 Å². The van der Waals surface area contributed by atoms with Crippen molar-refractivity contribution >= 4 is 0 Å². The fraction of sp³-hybridized carbons (Fsp3) is 0.625. The first kappa shape index (κ1) is 15.3. The summed E-state index contributed by atoms with van der Waals surface area (Å²) in [6.45, 7) is 4.87. The Kier molecular flexibility index (Phi) is 5.83. The standard InChI is InChI=1S/C16H26N2O2/c1-3-6-15(19-4-2)16(18-17)12-7-5-8-14(11-12)20-13-9-10-13/h5,7-8,11,13,15-16,18H,3-4,6,9-10,17H2,1-2H3. The molecule has 1 aromatic rings. The fourth-order valence-electron chi connectivity index (χ4n) is 2.42. The molecule has 0 spiro atoms. The zero-order valence-corrected chi connectivity index (χ0v) is 12.5. The van der Waals surface area contributed by atoms with Crippen LogP contribution in [0.1, 0.15) is 51.1 Å². The predicted molar refractivity (Wildman–Crippen MR) is 80.5 cm³/mol. The highest BCUT2D eigenvalue weighted by atomic mass is 16.5. The summed E-state index contributed by atoms with van der Waals surface area (Å²) in [4.78, 5) is 0. The smallest absolute Gasteiger partial charge is 0.120 e. The maximum Gasteiger partial charge on any atom is 0.120 e. The van der Waals surface area contributed by atoms with Gasteiger partial charge in [-0.05, 0) is 43.9 Å². The molecule has 1 aliphatic rings. The third-order valence-electron chi connectivity index (χ3n) is 3.55. The molecule has 4 nitrogen and oxygen atoms in total. The highest BCUT2D eigenvalue weighted by Crippen LogP contribution is 2.30. The minimum absolute atomic E-state index is 0.00217. The van der Waals surface area contributed by atoms with Gasteiger partial charge in [-0.1, -0.05) is 25.5 Å². The molecular formula is C16H26N2O2. The van der Waals surface area contributed by atoms with E-state index < -0.39 is 0 Å². The van der Waals surface area contributed by atoms with Gasteiger partial charge in [0.1, 0.15) is 5.75 Å². The second-order valence-corrected chi connectivity index (χ2v) is 5.32. The Labute approximate surface area is 121 Å². The van der Waals surface area contributed by atoms with Gasteiger partial charge in [-0.2, -0.15) is 0 Å². The number of benzene rings is 1. The van der Waals surface area contributed by atoms with E-state index in [0.717, 1.165) is 24.2 Å². The summed E-state index contributed by atoms with van der Waals surface area (Å²) in [7, 11) is 0. The first-order chi connectivity index (χ1) is 9.78. The van der Waals surface area contributed by atoms with Crippen molar-refractivity contribution in [1.82, 2.24) is 5.43 Å². The zero-order chi connectivity index (χ0) is 14.4. The quantitative estimate of drug-likeness (QED) is 0.538. The van der Waals surface area contributed by atoms with Crippen molar-refractivity contribution < 1.29 is 9.47 Å². The zero-order valence-electron chi connectivity index (χ0n) is 12.5. The topological polar surface area (TPSA) is 56.5 Å². The van der Waals surface area contributed by atoms with Crippen molar-refractivity contribution in [1.29, 1.82) is 0 Å². The lowest BCUT2D eigenvalue weighted by molar-refractivity contribution is 0.0275. The Bertz CT molecular complexity index is 401. The number of rotatable bonds is 9. The van der Waals surface area contributed by atoms with E-state index in [9.17, 15) is 0 Å². The maximum absolute atomic E-state index is 5.85. The van der Waals surface area contributed by atoms with Crippen molar-refractivity contribution in [2.24, 2.45) is 5.84 Å². The van der Waals surface area contributed by atoms with Crippen LogP contribution in [0.2, 0.25) is 0 Å². The van der Waals surface area contributed by atoms with Crippen molar-refractivity contribution in [3.05, 3.63) is 29.8 Å². The lowest BCUT2D eigenvalue weighted by Gasteiger charge is -2.27. The Morgan fingerprint density at radius 1 is 1.35 bits per heavy atom. The van der Waals surface area contributed by atoms with Gasteiger partial charge in [0.25, 0.3) is 0 Å². The Balaban J connectivity index is 2.11. The molecule has 2 rings (SSSR count). The van der Waals surface area contributed by atoms with E-state index in [0.29, 0.717) is 12.7 Å². The number of nitrogens with one attached hydrogen (secondary N) is 1. The number of hydrogen-bond donors (Lipinski definition) is 2. The summed E-state index contributed by atoms with van der Waals surface area (Å²) in [6, 6.07) is 8.17. The third-order valence-corrected chi connectivity index (χ3v) is 3.55. The molecule has 0 aromatic heterocycles. The average Bonchev–Trinajstić information content (AvgIpc) is 3.24. The predicted octanol–water partition coefficient (Wildman–Crippen LogP) is 2.94. The summed E-state index contributed by atoms with van der Waals surface area (Å²) >= 11 is 0. The molecule has 0 amide bonds. The van der Waals surface area contributed by atoms with Crippen LogP contribution in [0.5, 0.6) is 5.75 Å². The Morgan fingerprint density at radius 2 is 2.15 bits per heavy atom. The van der Waals surface area contributed by atoms with E-state index in [1.807, 2.05) is 19.1 Å². The Morgan fingerprint density at radius 3 is 2.75 bits per heavy atom. The summed E-state index contributed by atoms with van der Waals surface area (Å²) in [5, 5.41) is 0. The number of ether oxygens (including phenoxy) is 2. The van der Waals surface area contributed by atoms with Crippen LogP contribution in [0.4, 0.5) is 0 Å². The van der Waals surface area contributed by atoms with Gasteiger partial charge >= 0.3 is 0 Å². The van der Waals surface area contributed by atoms with Gasteiger partial charge in [-0.25, -0.2) is 0 Å². The summed E-state index contributed by atoms with van der Waals surface area (Å²) in [6.07, 6.45) is 4.89. The molecule has 1 fully saturated rings. The number of nitrogens with two attached hydrogens (primary N) is 1. The lowest BCUT2D eigenvalue weighted by Crippen LogP contribution is -2.38. The monoisotopic (exact) mass is 278 g/mol. The van der Waals surface area contributed by atoms with Crippen LogP contribution in [0.25, 0.3) is 0 Å². The first-order valence-electron chi connectivity index (χ1n) is 7.62. The van der Waals surface area contributed by atoms with Gasteiger partial charge < -0.3 is 9.47 Å². The third kappa shape index (κ3) is 4.20. The second-order valence-electron chi connectivity index (χ2n) is 5.32. The minimum atomic E-state index is -0.00217. The van der Waals surface area contributed by atoms with Crippen molar-refractivity contribution in [3.8, 4) is 5.75 Å². The maximum atomic E-state index is 5.85. The molecule has 1 saturated carbocycles. The molecule has 0 aliphatic heterocycles. The molecule has 0 radical (unpaired) electrons. The summed E-state index contributed by atoms with van der Waals surface area (Å²) in [5.41, 5.74) is 4.03. The van der Waals surface area contributed by atoms with Gasteiger partial charge in [-0.3, -0.25) is 11.3 Å². The van der Waals surface area contributed by atoms with Crippen LogP contribution in [0, 0.1) is 0 Å². The van der Waals surface area contributed by atoms with Crippen LogP contribution in [0.15, 0.2) is 24.3 Å². The molecule has 3 N–H and O–H groups in total. The van der Waals surface area contributed by atoms with Crippen LogP contribution in [-0.4, -0.2) is 18.8 Å². The molecule has 2 atom stereocenters. The van der Waals surface area contributed by atoms with E-state index in [-0.39, 0.29) is 12.1 Å². The molecule has 20 heavy (non-hydrogen) atoms. The van der Waals surface area contributed by atoms with Gasteiger partial charge in [0.05, 0.1) is 18.2 Å². The number of hydrogen-bond acceptors (Lipinski definition) is 4. The first-order valence-corrected chi connectivity index (χ1v) is 7.62. The van der Waals surface area contributed by atoms with Gasteiger partial charge in [-0.15, -0.1) is 0 Å². The highest BCUT2D eigenvalue weighted by molar-refractivity contribution is 5.31. The van der Waals surface area contributed by atoms with Crippen LogP contribution in [0.3, 0.4) is 0 Å². The van der Waals surface area contributed by atoms with Crippen LogP contribution >= 0.6 is 0 Å². The second kappa shape index (κ2) is 7.62. The van der Waals surface area contributed by atoms with Crippen molar-refractivity contribution in [2.45, 2.75) is 57.8 Å². The van der Waals surface area contributed by atoms with Gasteiger partial charge in [0.2, 0.25) is 0 Å². The van der Waals surface area contributed by atoms with Crippen LogP contribution in [-0.2, 0) is 4.74 Å². The summed E-state index contributed by atoms with van der Waals surface area (Å²) in [5.74, 6) is 6.69. The molecule has 1 aromatic carbocycles. The van der Waals surface area contributed by atoms with E-state index >= 15 is 0 Å². The van der Waals surface area contributed by atoms with Crippen molar-refractivity contribution in [3.63, 3.8) is 0 Å². The van der Waals surface area contributed by atoms with Crippen molar-refractivity contribution in [2.75, 3.05) is 6.61 Å². The molecule has 0 saturated heterocycles. The van der Waals surface area contributed by atoms with E-state index in [2.05, 4.69) is 24.5 Å². The molecule has 0 bridgehead atoms. The minimum Gasteiger partial charge on any atom is -0.490 e. The lowest BCUT2D eigenvalue weighted by atomic mass is 9.98. The molecule has 0 heterocycles. The average molecular weight is 278 g/mol. The van der Waals surface area contributed by atoms with Gasteiger partial charge in [0.15, 0.2) is 0 Å². The van der Waals surface area contributed by atoms with Gasteiger partial charge in [0, 0.05) is 6.61 Å². The Hall–Kier alpha value is -1.10. The van der Waals surface area contributed by atoms with Crippen LogP contribution < -0.4 is 16.0 Å². The molecular weight excluding hydrogens is 252 g/mol. The largest absolute Gasteiger partial charge is 0.490 e. The number of hydrazine groups is 1. The SMILES string of the molecule is CCCC(OCC)C(NN)c1cccc(OC2CC2)c1. The van der Waals surface area contributed by atoms with E-state index in [1.165, 1.54) is 12.8 Å². The normalized spacial score (nSPS) is 17.8. The summed E-state index contributed by atoms with van der Waals surface area (Å²) < 4.78 is 11.7. The van der Waals surface area contributed by atoms with E-state index in [4.69, 9.17) is 15.3 Å². The molecule has 112 valence electrons. The molecule has 1 aliphatic carbocycles. The molecule has 4 heteroatoms. The fourth-order valence-corrected chi connectivity index (χ4v) is 2.42. The highest BCUT2D eigenvalue weighted by Gasteiger charge is 2.25. The molecule has 2 unspecified atom stereocenters.